The van der Waals surface area contributed by atoms with Crippen molar-refractivity contribution in [3.8, 4) is 0 Å². The summed E-state index contributed by atoms with van der Waals surface area (Å²) in [6.45, 7) is 1.83. The SMILES string of the molecule is CC(c1ccc(Cl)cc1Cl)N(C)C(=O)c1ccccc1F. The number of hydrogen-bond acceptors (Lipinski definition) is 1. The van der Waals surface area contributed by atoms with Crippen LogP contribution in [0.1, 0.15) is 28.9 Å². The highest BCUT2D eigenvalue weighted by Crippen LogP contribution is 2.30. The highest BCUT2D eigenvalue weighted by molar-refractivity contribution is 6.35. The van der Waals surface area contributed by atoms with Crippen molar-refractivity contribution in [3.63, 3.8) is 0 Å². The van der Waals surface area contributed by atoms with Crippen molar-refractivity contribution in [2.45, 2.75) is 13.0 Å². The number of benzene rings is 2. The lowest BCUT2D eigenvalue weighted by Gasteiger charge is -2.26. The van der Waals surface area contributed by atoms with E-state index >= 15 is 0 Å². The second kappa shape index (κ2) is 6.46. The van der Waals surface area contributed by atoms with Crippen LogP contribution in [-0.4, -0.2) is 17.9 Å². The van der Waals surface area contributed by atoms with E-state index in [-0.39, 0.29) is 11.6 Å². The topological polar surface area (TPSA) is 20.3 Å². The molecule has 0 aliphatic carbocycles. The van der Waals surface area contributed by atoms with Crippen LogP contribution in [0.3, 0.4) is 0 Å². The van der Waals surface area contributed by atoms with Crippen LogP contribution in [-0.2, 0) is 0 Å². The monoisotopic (exact) mass is 325 g/mol. The maximum Gasteiger partial charge on any atom is 0.257 e. The number of hydrogen-bond donors (Lipinski definition) is 0. The fraction of sp³-hybridized carbons (Fsp3) is 0.188. The fourth-order valence-electron chi connectivity index (χ4n) is 2.05. The maximum absolute atomic E-state index is 13.7. The second-order valence-corrected chi connectivity index (χ2v) is 5.58. The van der Waals surface area contributed by atoms with Gasteiger partial charge in [-0.05, 0) is 36.8 Å². The van der Waals surface area contributed by atoms with Crippen LogP contribution >= 0.6 is 23.2 Å². The van der Waals surface area contributed by atoms with Crippen molar-refractivity contribution in [3.05, 3.63) is 69.5 Å². The van der Waals surface area contributed by atoms with Crippen LogP contribution in [0.5, 0.6) is 0 Å². The van der Waals surface area contributed by atoms with Crippen LogP contribution in [0.4, 0.5) is 4.39 Å². The molecule has 0 spiro atoms. The number of carbonyl (C=O) groups is 1. The van der Waals surface area contributed by atoms with E-state index in [4.69, 9.17) is 23.2 Å². The minimum absolute atomic E-state index is 0.0388. The summed E-state index contributed by atoms with van der Waals surface area (Å²) >= 11 is 12.0. The average Bonchev–Trinajstić information content (AvgIpc) is 2.45. The lowest BCUT2D eigenvalue weighted by molar-refractivity contribution is 0.0738. The van der Waals surface area contributed by atoms with Crippen molar-refractivity contribution in [1.82, 2.24) is 4.90 Å². The molecule has 2 aromatic rings. The van der Waals surface area contributed by atoms with E-state index in [0.29, 0.717) is 10.0 Å². The first-order chi connectivity index (χ1) is 9.91. The van der Waals surface area contributed by atoms with Gasteiger partial charge in [-0.15, -0.1) is 0 Å². The zero-order valence-electron chi connectivity index (χ0n) is 11.6. The zero-order valence-corrected chi connectivity index (χ0v) is 13.1. The van der Waals surface area contributed by atoms with Gasteiger partial charge < -0.3 is 4.90 Å². The normalized spacial score (nSPS) is 12.0. The predicted molar refractivity (Wildman–Crippen MR) is 83.4 cm³/mol. The Kier molecular flexibility index (Phi) is 4.86. The van der Waals surface area contributed by atoms with Crippen LogP contribution in [0.15, 0.2) is 42.5 Å². The van der Waals surface area contributed by atoms with Crippen LogP contribution in [0.2, 0.25) is 10.0 Å². The van der Waals surface area contributed by atoms with E-state index in [1.807, 2.05) is 6.92 Å². The highest BCUT2D eigenvalue weighted by atomic mass is 35.5. The molecule has 0 fully saturated rings. The predicted octanol–water partition coefficient (Wildman–Crippen LogP) is 4.97. The first kappa shape index (κ1) is 15.8. The molecule has 2 rings (SSSR count). The number of amides is 1. The largest absolute Gasteiger partial charge is 0.335 e. The zero-order chi connectivity index (χ0) is 15.6. The molecule has 0 aliphatic heterocycles. The van der Waals surface area contributed by atoms with Gasteiger partial charge in [0.15, 0.2) is 0 Å². The Bertz CT molecular complexity index is 675. The second-order valence-electron chi connectivity index (χ2n) is 4.74. The van der Waals surface area contributed by atoms with Gasteiger partial charge in [0.2, 0.25) is 0 Å². The summed E-state index contributed by atoms with van der Waals surface area (Å²) in [6.07, 6.45) is 0. The molecule has 2 aromatic carbocycles. The Morgan fingerprint density at radius 1 is 1.19 bits per heavy atom. The molecule has 0 radical (unpaired) electrons. The molecular weight excluding hydrogens is 312 g/mol. The molecule has 2 nitrogen and oxygen atoms in total. The minimum atomic E-state index is -0.538. The van der Waals surface area contributed by atoms with Crippen molar-refractivity contribution >= 4 is 29.1 Å². The van der Waals surface area contributed by atoms with Gasteiger partial charge in [0.1, 0.15) is 5.82 Å². The smallest absolute Gasteiger partial charge is 0.257 e. The van der Waals surface area contributed by atoms with Gasteiger partial charge in [-0.25, -0.2) is 4.39 Å². The molecule has 5 heteroatoms. The number of nitrogens with zero attached hydrogens (tertiary/aromatic N) is 1. The molecule has 0 bridgehead atoms. The van der Waals surface area contributed by atoms with E-state index in [9.17, 15) is 9.18 Å². The molecule has 0 aromatic heterocycles. The van der Waals surface area contributed by atoms with E-state index < -0.39 is 11.7 Å². The van der Waals surface area contributed by atoms with Crippen LogP contribution in [0, 0.1) is 5.82 Å². The average molecular weight is 326 g/mol. The Balaban J connectivity index is 2.29. The molecule has 1 amide bonds. The fourth-order valence-corrected chi connectivity index (χ4v) is 2.62. The van der Waals surface area contributed by atoms with Gasteiger partial charge in [-0.3, -0.25) is 4.79 Å². The van der Waals surface area contributed by atoms with E-state index in [2.05, 4.69) is 0 Å². The number of carbonyl (C=O) groups excluding carboxylic acids is 1. The summed E-state index contributed by atoms with van der Waals surface area (Å²) in [6, 6.07) is 10.7. The molecule has 21 heavy (non-hydrogen) atoms. The number of rotatable bonds is 3. The molecule has 110 valence electrons. The summed E-state index contributed by atoms with van der Waals surface area (Å²) in [7, 11) is 1.62. The summed E-state index contributed by atoms with van der Waals surface area (Å²) in [5.41, 5.74) is 0.796. The van der Waals surface area contributed by atoms with E-state index in [1.54, 1.807) is 37.4 Å². The van der Waals surface area contributed by atoms with Crippen molar-refractivity contribution in [2.24, 2.45) is 0 Å². The van der Waals surface area contributed by atoms with Crippen LogP contribution in [0.25, 0.3) is 0 Å². The van der Waals surface area contributed by atoms with Crippen LogP contribution < -0.4 is 0 Å². The summed E-state index contributed by atoms with van der Waals surface area (Å²) in [5, 5.41) is 1.00. The lowest BCUT2D eigenvalue weighted by Crippen LogP contribution is -2.30. The molecule has 0 heterocycles. The lowest BCUT2D eigenvalue weighted by atomic mass is 10.1. The third kappa shape index (κ3) is 3.36. The molecule has 0 aliphatic rings. The van der Waals surface area contributed by atoms with E-state index in [0.717, 1.165) is 5.56 Å². The van der Waals surface area contributed by atoms with Gasteiger partial charge in [0.25, 0.3) is 5.91 Å². The van der Waals surface area contributed by atoms with Gasteiger partial charge in [-0.1, -0.05) is 41.4 Å². The first-order valence-electron chi connectivity index (χ1n) is 6.38. The Labute approximate surface area is 133 Å². The van der Waals surface area contributed by atoms with Crippen molar-refractivity contribution in [2.75, 3.05) is 7.05 Å². The van der Waals surface area contributed by atoms with Crippen molar-refractivity contribution < 1.29 is 9.18 Å². The molecular formula is C16H14Cl2FNO. The maximum atomic E-state index is 13.7. The standard InChI is InChI=1S/C16H14Cl2FNO/c1-10(12-8-7-11(17)9-14(12)18)20(2)16(21)13-5-3-4-6-15(13)19/h3-10H,1-2H3. The summed E-state index contributed by atoms with van der Waals surface area (Å²) in [4.78, 5) is 13.8. The third-order valence-electron chi connectivity index (χ3n) is 3.42. The Morgan fingerprint density at radius 2 is 1.86 bits per heavy atom. The minimum Gasteiger partial charge on any atom is -0.335 e. The van der Waals surface area contributed by atoms with Gasteiger partial charge in [0.05, 0.1) is 11.6 Å². The van der Waals surface area contributed by atoms with Gasteiger partial charge in [0, 0.05) is 17.1 Å². The van der Waals surface area contributed by atoms with Crippen molar-refractivity contribution in [1.29, 1.82) is 0 Å². The highest BCUT2D eigenvalue weighted by Gasteiger charge is 2.22. The summed E-state index contributed by atoms with van der Waals surface area (Å²) in [5.74, 6) is -0.935. The summed E-state index contributed by atoms with van der Waals surface area (Å²) < 4.78 is 13.7. The van der Waals surface area contributed by atoms with Gasteiger partial charge in [-0.2, -0.15) is 0 Å². The molecule has 1 unspecified atom stereocenters. The Hall–Kier alpha value is -1.58. The first-order valence-corrected chi connectivity index (χ1v) is 7.14. The third-order valence-corrected chi connectivity index (χ3v) is 3.98. The van der Waals surface area contributed by atoms with Gasteiger partial charge >= 0.3 is 0 Å². The molecule has 0 saturated heterocycles. The molecule has 1 atom stereocenters. The Morgan fingerprint density at radius 3 is 2.48 bits per heavy atom. The van der Waals surface area contributed by atoms with E-state index in [1.165, 1.54) is 17.0 Å². The molecule has 0 saturated carbocycles. The quantitative estimate of drug-likeness (QED) is 0.780. The number of halogens is 3. The molecule has 0 N–H and O–H groups in total.